The van der Waals surface area contributed by atoms with Gasteiger partial charge in [0.25, 0.3) is 0 Å². The molecule has 2 heteroatoms. The van der Waals surface area contributed by atoms with Crippen LogP contribution in [-0.4, -0.2) is 12.0 Å². The van der Waals surface area contributed by atoms with Gasteiger partial charge in [0, 0.05) is 24.4 Å². The summed E-state index contributed by atoms with van der Waals surface area (Å²) in [5.41, 5.74) is 2.29. The SMILES string of the molecule is C#CCCCC(NC)c1ccc(C)nc1. The monoisotopic (exact) mass is 202 g/mol. The molecule has 0 spiro atoms. The fraction of sp³-hybridized carbons (Fsp3) is 0.462. The summed E-state index contributed by atoms with van der Waals surface area (Å²) in [4.78, 5) is 4.30. The van der Waals surface area contributed by atoms with Crippen molar-refractivity contribution in [3.63, 3.8) is 0 Å². The topological polar surface area (TPSA) is 24.9 Å². The molecule has 80 valence electrons. The third kappa shape index (κ3) is 3.73. The van der Waals surface area contributed by atoms with Gasteiger partial charge < -0.3 is 5.32 Å². The van der Waals surface area contributed by atoms with E-state index in [0.29, 0.717) is 6.04 Å². The molecule has 0 aliphatic carbocycles. The molecule has 0 saturated carbocycles. The molecule has 1 atom stereocenters. The number of unbranched alkanes of at least 4 members (excludes halogenated alkanes) is 1. The van der Waals surface area contributed by atoms with Crippen molar-refractivity contribution in [3.8, 4) is 12.3 Å². The summed E-state index contributed by atoms with van der Waals surface area (Å²) < 4.78 is 0. The van der Waals surface area contributed by atoms with Gasteiger partial charge in [-0.3, -0.25) is 4.98 Å². The summed E-state index contributed by atoms with van der Waals surface area (Å²) in [6.45, 7) is 2.00. The van der Waals surface area contributed by atoms with Crippen molar-refractivity contribution in [2.24, 2.45) is 0 Å². The average molecular weight is 202 g/mol. The van der Waals surface area contributed by atoms with Gasteiger partial charge in [-0.2, -0.15) is 0 Å². The van der Waals surface area contributed by atoms with Crippen LogP contribution in [0, 0.1) is 19.3 Å². The summed E-state index contributed by atoms with van der Waals surface area (Å²) in [6.07, 6.45) is 10.1. The van der Waals surface area contributed by atoms with Gasteiger partial charge in [0.05, 0.1) is 0 Å². The summed E-state index contributed by atoms with van der Waals surface area (Å²) in [5.74, 6) is 2.66. The lowest BCUT2D eigenvalue weighted by molar-refractivity contribution is 0.530. The number of hydrogen-bond acceptors (Lipinski definition) is 2. The standard InChI is InChI=1S/C13H18N2/c1-4-5-6-7-13(14-3)12-9-8-11(2)15-10-12/h1,8-10,13-14H,5-7H2,2-3H3. The molecule has 2 nitrogen and oxygen atoms in total. The summed E-state index contributed by atoms with van der Waals surface area (Å²) in [6, 6.07) is 4.53. The number of aromatic nitrogens is 1. The van der Waals surface area contributed by atoms with Crippen molar-refractivity contribution in [1.29, 1.82) is 0 Å². The van der Waals surface area contributed by atoms with E-state index in [0.717, 1.165) is 25.0 Å². The third-order valence-corrected chi connectivity index (χ3v) is 2.50. The second-order valence-electron chi connectivity index (χ2n) is 3.67. The van der Waals surface area contributed by atoms with Crippen LogP contribution in [0.1, 0.15) is 36.6 Å². The van der Waals surface area contributed by atoms with E-state index in [9.17, 15) is 0 Å². The van der Waals surface area contributed by atoms with Crippen LogP contribution in [-0.2, 0) is 0 Å². The molecule has 15 heavy (non-hydrogen) atoms. The lowest BCUT2D eigenvalue weighted by Crippen LogP contribution is -2.16. The summed E-state index contributed by atoms with van der Waals surface area (Å²) in [5, 5.41) is 3.29. The van der Waals surface area contributed by atoms with Crippen LogP contribution in [0.25, 0.3) is 0 Å². The van der Waals surface area contributed by atoms with Crippen LogP contribution in [0.3, 0.4) is 0 Å². The lowest BCUT2D eigenvalue weighted by atomic mass is 10.0. The molecule has 0 aliphatic rings. The van der Waals surface area contributed by atoms with Gasteiger partial charge in [0.2, 0.25) is 0 Å². The Hall–Kier alpha value is -1.33. The first-order valence-electron chi connectivity index (χ1n) is 5.31. The Morgan fingerprint density at radius 1 is 1.53 bits per heavy atom. The van der Waals surface area contributed by atoms with Crippen LogP contribution in [0.15, 0.2) is 18.3 Å². The first-order chi connectivity index (χ1) is 7.27. The fourth-order valence-electron chi connectivity index (χ4n) is 1.57. The highest BCUT2D eigenvalue weighted by molar-refractivity contribution is 5.17. The molecule has 1 aromatic heterocycles. The number of nitrogens with zero attached hydrogens (tertiary/aromatic N) is 1. The van der Waals surface area contributed by atoms with Crippen LogP contribution in [0.2, 0.25) is 0 Å². The Labute approximate surface area is 92.1 Å². The zero-order valence-electron chi connectivity index (χ0n) is 9.46. The second-order valence-corrected chi connectivity index (χ2v) is 3.67. The molecule has 1 rings (SSSR count). The Bertz CT molecular complexity index is 321. The Kier molecular flexibility index (Phi) is 4.86. The smallest absolute Gasteiger partial charge is 0.0372 e. The Morgan fingerprint density at radius 3 is 2.87 bits per heavy atom. The summed E-state index contributed by atoms with van der Waals surface area (Å²) in [7, 11) is 1.97. The molecule has 0 saturated heterocycles. The van der Waals surface area contributed by atoms with E-state index < -0.39 is 0 Å². The van der Waals surface area contributed by atoms with Gasteiger partial charge in [-0.1, -0.05) is 6.07 Å². The maximum Gasteiger partial charge on any atom is 0.0372 e. The second kappa shape index (κ2) is 6.21. The maximum atomic E-state index is 5.23. The first kappa shape index (κ1) is 11.7. The molecule has 0 aromatic carbocycles. The molecule has 0 bridgehead atoms. The molecule has 0 aliphatic heterocycles. The molecule has 1 aromatic rings. The van der Waals surface area contributed by atoms with E-state index in [2.05, 4.69) is 22.3 Å². The normalized spacial score (nSPS) is 12.1. The number of terminal acetylenes is 1. The quantitative estimate of drug-likeness (QED) is 0.586. The van der Waals surface area contributed by atoms with Crippen molar-refractivity contribution in [3.05, 3.63) is 29.6 Å². The minimum Gasteiger partial charge on any atom is -0.313 e. The van der Waals surface area contributed by atoms with E-state index in [1.165, 1.54) is 5.56 Å². The third-order valence-electron chi connectivity index (χ3n) is 2.50. The van der Waals surface area contributed by atoms with Gasteiger partial charge in [-0.15, -0.1) is 12.3 Å². The lowest BCUT2D eigenvalue weighted by Gasteiger charge is -2.15. The van der Waals surface area contributed by atoms with E-state index in [-0.39, 0.29) is 0 Å². The number of pyridine rings is 1. The van der Waals surface area contributed by atoms with Crippen LogP contribution < -0.4 is 5.32 Å². The molecule has 1 N–H and O–H groups in total. The minimum absolute atomic E-state index is 0.367. The zero-order chi connectivity index (χ0) is 11.1. The number of rotatable bonds is 5. The van der Waals surface area contributed by atoms with Gasteiger partial charge in [-0.05, 0) is 38.4 Å². The molecule has 1 unspecified atom stereocenters. The van der Waals surface area contributed by atoms with E-state index in [4.69, 9.17) is 6.42 Å². The van der Waals surface area contributed by atoms with Crippen LogP contribution in [0.4, 0.5) is 0 Å². The average Bonchev–Trinajstić information content (AvgIpc) is 2.26. The first-order valence-corrected chi connectivity index (χ1v) is 5.31. The Morgan fingerprint density at radius 2 is 2.33 bits per heavy atom. The highest BCUT2D eigenvalue weighted by Gasteiger charge is 2.08. The molecule has 0 radical (unpaired) electrons. The van der Waals surface area contributed by atoms with Crippen LogP contribution in [0.5, 0.6) is 0 Å². The van der Waals surface area contributed by atoms with Crippen LogP contribution >= 0.6 is 0 Å². The van der Waals surface area contributed by atoms with Gasteiger partial charge in [-0.25, -0.2) is 0 Å². The van der Waals surface area contributed by atoms with Crippen molar-refractivity contribution in [2.75, 3.05) is 7.05 Å². The van der Waals surface area contributed by atoms with Crippen molar-refractivity contribution < 1.29 is 0 Å². The maximum absolute atomic E-state index is 5.23. The number of hydrogen-bond donors (Lipinski definition) is 1. The number of aryl methyl sites for hydroxylation is 1. The molecule has 0 fully saturated rings. The Balaban J connectivity index is 2.58. The van der Waals surface area contributed by atoms with Gasteiger partial charge >= 0.3 is 0 Å². The molecular formula is C13H18N2. The minimum atomic E-state index is 0.367. The highest BCUT2D eigenvalue weighted by atomic mass is 14.9. The largest absolute Gasteiger partial charge is 0.313 e. The molecule has 0 amide bonds. The van der Waals surface area contributed by atoms with Crippen molar-refractivity contribution in [2.45, 2.75) is 32.2 Å². The highest BCUT2D eigenvalue weighted by Crippen LogP contribution is 2.17. The predicted octanol–water partition coefficient (Wildman–Crippen LogP) is 2.45. The van der Waals surface area contributed by atoms with Crippen molar-refractivity contribution in [1.82, 2.24) is 10.3 Å². The van der Waals surface area contributed by atoms with Gasteiger partial charge in [0.1, 0.15) is 0 Å². The number of nitrogens with one attached hydrogen (secondary N) is 1. The predicted molar refractivity (Wildman–Crippen MR) is 63.5 cm³/mol. The van der Waals surface area contributed by atoms with Gasteiger partial charge in [0.15, 0.2) is 0 Å². The fourth-order valence-corrected chi connectivity index (χ4v) is 1.57. The van der Waals surface area contributed by atoms with Crippen molar-refractivity contribution >= 4 is 0 Å². The molecule has 1 heterocycles. The van der Waals surface area contributed by atoms with E-state index >= 15 is 0 Å². The molecular weight excluding hydrogens is 184 g/mol. The summed E-state index contributed by atoms with van der Waals surface area (Å²) >= 11 is 0. The van der Waals surface area contributed by atoms with E-state index in [1.807, 2.05) is 26.2 Å². The van der Waals surface area contributed by atoms with E-state index in [1.54, 1.807) is 0 Å². The zero-order valence-corrected chi connectivity index (χ0v) is 9.46.